The molecule has 5 nitrogen and oxygen atoms in total. The zero-order chi connectivity index (χ0) is 18.1. The van der Waals surface area contributed by atoms with E-state index in [9.17, 15) is 9.59 Å². The van der Waals surface area contributed by atoms with Crippen molar-refractivity contribution in [2.24, 2.45) is 0 Å². The first kappa shape index (κ1) is 18.3. The minimum atomic E-state index is -0.819. The van der Waals surface area contributed by atoms with Gasteiger partial charge in [-0.3, -0.25) is 4.79 Å². The summed E-state index contributed by atoms with van der Waals surface area (Å²) in [4.78, 5) is 23.9. The molecule has 132 valence electrons. The fourth-order valence-corrected chi connectivity index (χ4v) is 2.76. The molecule has 0 saturated heterocycles. The molecule has 0 spiro atoms. The minimum absolute atomic E-state index is 0.295. The van der Waals surface area contributed by atoms with Gasteiger partial charge in [0.15, 0.2) is 6.10 Å². The van der Waals surface area contributed by atoms with Crippen molar-refractivity contribution in [1.82, 2.24) is 9.88 Å². The van der Waals surface area contributed by atoms with Gasteiger partial charge in [0, 0.05) is 29.0 Å². The van der Waals surface area contributed by atoms with Crippen molar-refractivity contribution in [3.05, 3.63) is 29.1 Å². The van der Waals surface area contributed by atoms with Crippen LogP contribution in [0.3, 0.4) is 0 Å². The molecule has 1 aromatic rings. The maximum absolute atomic E-state index is 12.0. The number of amides is 1. The molecule has 0 unspecified atom stereocenters. The number of aryl methyl sites for hydroxylation is 1. The standard InChI is InChI=1S/C19H28N2O3/c1-12-11-15(13(2)21(12)16-8-9-16)7-10-17(22)24-14(3)18(23)20-19(4,5)6/h7,10-11,14,16H,8-9H2,1-6H3,(H,20,23)/b10-7+/t14-/m1/s1. The molecular weight excluding hydrogens is 304 g/mol. The highest BCUT2D eigenvalue weighted by atomic mass is 16.5. The Balaban J connectivity index is 1.96. The van der Waals surface area contributed by atoms with Gasteiger partial charge in [0.05, 0.1) is 0 Å². The normalized spacial score (nSPS) is 16.2. The number of rotatable bonds is 5. The van der Waals surface area contributed by atoms with E-state index in [1.807, 2.05) is 20.8 Å². The Bertz CT molecular complexity index is 661. The van der Waals surface area contributed by atoms with Crippen molar-refractivity contribution >= 4 is 18.0 Å². The molecule has 1 N–H and O–H groups in total. The second kappa shape index (κ2) is 6.83. The van der Waals surface area contributed by atoms with E-state index < -0.39 is 12.1 Å². The lowest BCUT2D eigenvalue weighted by atomic mass is 10.1. The largest absolute Gasteiger partial charge is 0.449 e. The molecule has 0 bridgehead atoms. The van der Waals surface area contributed by atoms with Gasteiger partial charge in [0.2, 0.25) is 0 Å². The fraction of sp³-hybridized carbons (Fsp3) is 0.579. The van der Waals surface area contributed by atoms with Gasteiger partial charge in [0.1, 0.15) is 0 Å². The molecular formula is C19H28N2O3. The van der Waals surface area contributed by atoms with E-state index in [1.165, 1.54) is 24.6 Å². The summed E-state index contributed by atoms with van der Waals surface area (Å²) >= 11 is 0. The highest BCUT2D eigenvalue weighted by Crippen LogP contribution is 2.38. The van der Waals surface area contributed by atoms with Crippen LogP contribution in [0.25, 0.3) is 6.08 Å². The molecule has 0 aliphatic heterocycles. The summed E-state index contributed by atoms with van der Waals surface area (Å²) in [6.45, 7) is 11.4. The van der Waals surface area contributed by atoms with E-state index in [4.69, 9.17) is 4.74 Å². The van der Waals surface area contributed by atoms with Crippen LogP contribution >= 0.6 is 0 Å². The average molecular weight is 332 g/mol. The fourth-order valence-electron chi connectivity index (χ4n) is 2.76. The number of aromatic nitrogens is 1. The molecule has 5 heteroatoms. The topological polar surface area (TPSA) is 60.3 Å². The number of ether oxygens (including phenoxy) is 1. The number of nitrogens with zero attached hydrogens (tertiary/aromatic N) is 1. The SMILES string of the molecule is Cc1cc(/C=C/C(=O)O[C@H](C)C(=O)NC(C)(C)C)c(C)n1C1CC1. The van der Waals surface area contributed by atoms with E-state index in [1.54, 1.807) is 13.0 Å². The lowest BCUT2D eigenvalue weighted by Crippen LogP contribution is -2.46. The summed E-state index contributed by atoms with van der Waals surface area (Å²) in [6.07, 6.45) is 4.78. The highest BCUT2D eigenvalue weighted by Gasteiger charge is 2.26. The first-order valence-electron chi connectivity index (χ1n) is 8.47. The Morgan fingerprint density at radius 2 is 1.96 bits per heavy atom. The van der Waals surface area contributed by atoms with E-state index in [0.717, 1.165) is 11.3 Å². The van der Waals surface area contributed by atoms with Crippen LogP contribution in [0.15, 0.2) is 12.1 Å². The second-order valence-corrected chi connectivity index (χ2v) is 7.58. The minimum Gasteiger partial charge on any atom is -0.449 e. The van der Waals surface area contributed by atoms with Crippen molar-refractivity contribution in [1.29, 1.82) is 0 Å². The molecule has 1 saturated carbocycles. The number of hydrogen-bond acceptors (Lipinski definition) is 3. The molecule has 1 aliphatic carbocycles. The van der Waals surface area contributed by atoms with Crippen LogP contribution in [0.4, 0.5) is 0 Å². The summed E-state index contributed by atoms with van der Waals surface area (Å²) in [6, 6.07) is 2.69. The Morgan fingerprint density at radius 3 is 2.50 bits per heavy atom. The van der Waals surface area contributed by atoms with E-state index in [2.05, 4.69) is 29.8 Å². The number of esters is 1. The van der Waals surface area contributed by atoms with Gasteiger partial charge in [-0.05, 0) is 72.1 Å². The van der Waals surface area contributed by atoms with Crippen molar-refractivity contribution in [3.63, 3.8) is 0 Å². The van der Waals surface area contributed by atoms with Crippen molar-refractivity contribution < 1.29 is 14.3 Å². The van der Waals surface area contributed by atoms with Crippen molar-refractivity contribution in [3.8, 4) is 0 Å². The highest BCUT2D eigenvalue weighted by molar-refractivity contribution is 5.90. The molecule has 24 heavy (non-hydrogen) atoms. The molecule has 1 aliphatic rings. The van der Waals surface area contributed by atoms with E-state index >= 15 is 0 Å². The summed E-state index contributed by atoms with van der Waals surface area (Å²) in [5.74, 6) is -0.807. The molecule has 0 aromatic carbocycles. The Labute approximate surface area is 144 Å². The lowest BCUT2D eigenvalue weighted by molar-refractivity contribution is -0.150. The predicted molar refractivity (Wildman–Crippen MR) is 94.7 cm³/mol. The zero-order valence-electron chi connectivity index (χ0n) is 15.5. The van der Waals surface area contributed by atoms with Crippen molar-refractivity contribution in [2.75, 3.05) is 0 Å². The number of nitrogens with one attached hydrogen (secondary N) is 1. The van der Waals surface area contributed by atoms with E-state index in [-0.39, 0.29) is 11.4 Å². The Hall–Kier alpha value is -2.04. The van der Waals surface area contributed by atoms with Gasteiger partial charge in [-0.1, -0.05) is 0 Å². The Kier molecular flexibility index (Phi) is 5.21. The summed E-state index contributed by atoms with van der Waals surface area (Å²) < 4.78 is 7.50. The lowest BCUT2D eigenvalue weighted by Gasteiger charge is -2.22. The third kappa shape index (κ3) is 4.73. The number of carbonyl (C=O) groups is 2. The quantitative estimate of drug-likeness (QED) is 0.665. The van der Waals surface area contributed by atoms with Crippen molar-refractivity contribution in [2.45, 2.75) is 72.1 Å². The monoisotopic (exact) mass is 332 g/mol. The third-order valence-corrected chi connectivity index (χ3v) is 3.99. The first-order chi connectivity index (χ1) is 11.1. The van der Waals surface area contributed by atoms with Crippen LogP contribution in [0.2, 0.25) is 0 Å². The first-order valence-corrected chi connectivity index (χ1v) is 8.47. The predicted octanol–water partition coefficient (Wildman–Crippen LogP) is 3.30. The average Bonchev–Trinajstić information content (AvgIpc) is 3.21. The molecule has 1 heterocycles. The Morgan fingerprint density at radius 1 is 1.33 bits per heavy atom. The molecule has 0 radical (unpaired) electrons. The zero-order valence-corrected chi connectivity index (χ0v) is 15.5. The van der Waals surface area contributed by atoms with Crippen LogP contribution in [-0.4, -0.2) is 28.1 Å². The number of carbonyl (C=O) groups excluding carboxylic acids is 2. The maximum Gasteiger partial charge on any atom is 0.331 e. The molecule has 1 amide bonds. The molecule has 1 atom stereocenters. The van der Waals surface area contributed by atoms with Gasteiger partial charge in [-0.25, -0.2) is 4.79 Å². The van der Waals surface area contributed by atoms with Gasteiger partial charge < -0.3 is 14.6 Å². The second-order valence-electron chi connectivity index (χ2n) is 7.58. The summed E-state index contributed by atoms with van der Waals surface area (Å²) in [5.41, 5.74) is 3.04. The maximum atomic E-state index is 12.0. The van der Waals surface area contributed by atoms with Gasteiger partial charge in [-0.2, -0.15) is 0 Å². The van der Waals surface area contributed by atoms with Crippen LogP contribution in [0, 0.1) is 13.8 Å². The smallest absolute Gasteiger partial charge is 0.331 e. The molecule has 1 fully saturated rings. The third-order valence-electron chi connectivity index (χ3n) is 3.99. The molecule has 1 aromatic heterocycles. The van der Waals surface area contributed by atoms with Crippen LogP contribution in [0.5, 0.6) is 0 Å². The number of hydrogen-bond donors (Lipinski definition) is 1. The van der Waals surface area contributed by atoms with Crippen LogP contribution in [0.1, 0.15) is 63.5 Å². The van der Waals surface area contributed by atoms with E-state index in [0.29, 0.717) is 6.04 Å². The summed E-state index contributed by atoms with van der Waals surface area (Å²) in [7, 11) is 0. The van der Waals surface area contributed by atoms with Gasteiger partial charge >= 0.3 is 5.97 Å². The van der Waals surface area contributed by atoms with Crippen LogP contribution in [-0.2, 0) is 14.3 Å². The van der Waals surface area contributed by atoms with Crippen LogP contribution < -0.4 is 5.32 Å². The summed E-state index contributed by atoms with van der Waals surface area (Å²) in [5, 5.41) is 2.79. The van der Waals surface area contributed by atoms with Gasteiger partial charge in [-0.15, -0.1) is 0 Å². The van der Waals surface area contributed by atoms with Gasteiger partial charge in [0.25, 0.3) is 5.91 Å². The molecule has 2 rings (SSSR count).